The van der Waals surface area contributed by atoms with E-state index in [1.54, 1.807) is 23.1 Å². The van der Waals surface area contributed by atoms with Crippen LogP contribution in [0.3, 0.4) is 0 Å². The van der Waals surface area contributed by atoms with Crippen LogP contribution in [0, 0.1) is 11.6 Å². The van der Waals surface area contributed by atoms with Crippen LogP contribution in [0.15, 0.2) is 65.8 Å². The second-order valence-electron chi connectivity index (χ2n) is 6.47. The molecule has 3 aromatic rings. The van der Waals surface area contributed by atoms with E-state index in [1.165, 1.54) is 24.5 Å². The SMILES string of the molecule is O=C(c1ccncc1)N1CCc2ccc(NS(=O)(=O)c3cc(F)ccc3F)cc21. The molecular formula is C20H15F2N3O3S. The average molecular weight is 415 g/mol. The molecule has 0 unspecified atom stereocenters. The van der Waals surface area contributed by atoms with Crippen molar-refractivity contribution in [3.8, 4) is 0 Å². The van der Waals surface area contributed by atoms with Crippen LogP contribution in [0.4, 0.5) is 20.2 Å². The summed E-state index contributed by atoms with van der Waals surface area (Å²) in [6.45, 7) is 0.450. The van der Waals surface area contributed by atoms with E-state index in [2.05, 4.69) is 9.71 Å². The summed E-state index contributed by atoms with van der Waals surface area (Å²) in [6, 6.07) is 10.1. The Balaban J connectivity index is 1.65. The minimum atomic E-state index is -4.35. The molecule has 9 heteroatoms. The topological polar surface area (TPSA) is 79.4 Å². The third kappa shape index (κ3) is 3.68. The molecule has 29 heavy (non-hydrogen) atoms. The highest BCUT2D eigenvalue weighted by Gasteiger charge is 2.27. The zero-order valence-electron chi connectivity index (χ0n) is 15.0. The Morgan fingerprint density at radius 3 is 2.55 bits per heavy atom. The largest absolute Gasteiger partial charge is 0.308 e. The Morgan fingerprint density at radius 2 is 1.79 bits per heavy atom. The molecule has 1 aliphatic heterocycles. The second kappa shape index (κ2) is 7.25. The molecule has 1 aromatic heterocycles. The van der Waals surface area contributed by atoms with Gasteiger partial charge in [0, 0.05) is 30.2 Å². The van der Waals surface area contributed by atoms with Gasteiger partial charge in [-0.05, 0) is 54.4 Å². The zero-order chi connectivity index (χ0) is 20.6. The summed E-state index contributed by atoms with van der Waals surface area (Å²) in [5, 5.41) is 0. The highest BCUT2D eigenvalue weighted by Crippen LogP contribution is 2.33. The fourth-order valence-electron chi connectivity index (χ4n) is 3.20. The Bertz CT molecular complexity index is 1200. The van der Waals surface area contributed by atoms with Crippen LogP contribution < -0.4 is 9.62 Å². The highest BCUT2D eigenvalue weighted by atomic mass is 32.2. The highest BCUT2D eigenvalue weighted by molar-refractivity contribution is 7.92. The summed E-state index contributed by atoms with van der Waals surface area (Å²) in [6.07, 6.45) is 3.66. The summed E-state index contributed by atoms with van der Waals surface area (Å²) >= 11 is 0. The van der Waals surface area contributed by atoms with Gasteiger partial charge < -0.3 is 4.90 Å². The molecule has 2 heterocycles. The van der Waals surface area contributed by atoms with Gasteiger partial charge in [0.25, 0.3) is 15.9 Å². The summed E-state index contributed by atoms with van der Waals surface area (Å²) < 4.78 is 54.6. The number of pyridine rings is 1. The molecule has 0 bridgehead atoms. The molecule has 1 aliphatic rings. The van der Waals surface area contributed by atoms with Crippen molar-refractivity contribution in [3.63, 3.8) is 0 Å². The standard InChI is InChI=1S/C20H15F2N3O3S/c21-15-2-4-17(22)19(11-15)29(27,28)24-16-3-1-13-7-10-25(18(13)12-16)20(26)14-5-8-23-9-6-14/h1-6,8-9,11-12,24H,7,10H2. The normalized spacial score (nSPS) is 13.2. The van der Waals surface area contributed by atoms with E-state index in [-0.39, 0.29) is 11.6 Å². The number of carbonyl (C=O) groups excluding carboxylic acids is 1. The van der Waals surface area contributed by atoms with E-state index in [0.717, 1.165) is 17.7 Å². The number of fused-ring (bicyclic) bond motifs is 1. The van der Waals surface area contributed by atoms with Crippen molar-refractivity contribution in [3.05, 3.63) is 83.7 Å². The molecule has 0 saturated heterocycles. The van der Waals surface area contributed by atoms with Crippen LogP contribution in [0.25, 0.3) is 0 Å². The van der Waals surface area contributed by atoms with Gasteiger partial charge in [-0.2, -0.15) is 0 Å². The zero-order valence-corrected chi connectivity index (χ0v) is 15.8. The first-order chi connectivity index (χ1) is 13.8. The van der Waals surface area contributed by atoms with Crippen molar-refractivity contribution in [1.82, 2.24) is 4.98 Å². The monoisotopic (exact) mass is 415 g/mol. The van der Waals surface area contributed by atoms with Gasteiger partial charge in [0.2, 0.25) is 0 Å². The maximum absolute atomic E-state index is 13.9. The van der Waals surface area contributed by atoms with Crippen LogP contribution in [0.2, 0.25) is 0 Å². The second-order valence-corrected chi connectivity index (χ2v) is 8.12. The van der Waals surface area contributed by atoms with Crippen LogP contribution in [-0.4, -0.2) is 25.9 Å². The Kier molecular flexibility index (Phi) is 4.75. The maximum atomic E-state index is 13.9. The molecule has 0 radical (unpaired) electrons. The number of hydrogen-bond donors (Lipinski definition) is 1. The van der Waals surface area contributed by atoms with Crippen LogP contribution in [0.5, 0.6) is 0 Å². The van der Waals surface area contributed by atoms with Gasteiger partial charge in [-0.15, -0.1) is 0 Å². The van der Waals surface area contributed by atoms with Crippen LogP contribution in [0.1, 0.15) is 15.9 Å². The first kappa shape index (κ1) is 19.0. The molecule has 1 N–H and O–H groups in total. The molecule has 2 aromatic carbocycles. The van der Waals surface area contributed by atoms with Gasteiger partial charge >= 0.3 is 0 Å². The number of aromatic nitrogens is 1. The number of halogens is 2. The fraction of sp³-hybridized carbons (Fsp3) is 0.100. The minimum absolute atomic E-state index is 0.141. The number of benzene rings is 2. The third-order valence-corrected chi connectivity index (χ3v) is 5.98. The molecule has 0 saturated carbocycles. The number of hydrogen-bond acceptors (Lipinski definition) is 4. The maximum Gasteiger partial charge on any atom is 0.264 e. The summed E-state index contributed by atoms with van der Waals surface area (Å²) in [5.41, 5.74) is 2.04. The molecule has 6 nitrogen and oxygen atoms in total. The Morgan fingerprint density at radius 1 is 1.03 bits per heavy atom. The van der Waals surface area contributed by atoms with E-state index in [9.17, 15) is 22.0 Å². The quantitative estimate of drug-likeness (QED) is 0.709. The Labute approximate surface area is 165 Å². The first-order valence-corrected chi connectivity index (χ1v) is 10.2. The third-order valence-electron chi connectivity index (χ3n) is 4.59. The summed E-state index contributed by atoms with van der Waals surface area (Å²) in [7, 11) is -4.35. The first-order valence-electron chi connectivity index (χ1n) is 8.68. The van der Waals surface area contributed by atoms with Crippen molar-refractivity contribution in [2.24, 2.45) is 0 Å². The lowest BCUT2D eigenvalue weighted by Gasteiger charge is -2.18. The van der Waals surface area contributed by atoms with Gasteiger partial charge in [0.05, 0.1) is 5.69 Å². The van der Waals surface area contributed by atoms with Crippen molar-refractivity contribution < 1.29 is 22.0 Å². The van der Waals surface area contributed by atoms with Crippen molar-refractivity contribution in [1.29, 1.82) is 0 Å². The number of nitrogens with zero attached hydrogens (tertiary/aromatic N) is 2. The number of rotatable bonds is 4. The predicted octanol–water partition coefficient (Wildman–Crippen LogP) is 3.36. The van der Waals surface area contributed by atoms with E-state index in [0.29, 0.717) is 30.3 Å². The van der Waals surface area contributed by atoms with Crippen molar-refractivity contribution in [2.75, 3.05) is 16.2 Å². The van der Waals surface area contributed by atoms with Crippen molar-refractivity contribution >= 4 is 27.3 Å². The number of carbonyl (C=O) groups is 1. The molecule has 148 valence electrons. The fourth-order valence-corrected chi connectivity index (χ4v) is 4.34. The lowest BCUT2D eigenvalue weighted by Crippen LogP contribution is -2.28. The molecule has 1 amide bonds. The Hall–Kier alpha value is -3.33. The average Bonchev–Trinajstić information content (AvgIpc) is 3.12. The van der Waals surface area contributed by atoms with Gasteiger partial charge in [-0.25, -0.2) is 17.2 Å². The number of nitrogens with one attached hydrogen (secondary N) is 1. The summed E-state index contributed by atoms with van der Waals surface area (Å²) in [4.78, 5) is 17.4. The van der Waals surface area contributed by atoms with Gasteiger partial charge in [-0.1, -0.05) is 6.07 Å². The molecular weight excluding hydrogens is 400 g/mol. The van der Waals surface area contributed by atoms with E-state index in [1.807, 2.05) is 0 Å². The number of anilines is 2. The number of sulfonamides is 1. The van der Waals surface area contributed by atoms with Crippen molar-refractivity contribution in [2.45, 2.75) is 11.3 Å². The lowest BCUT2D eigenvalue weighted by atomic mass is 10.1. The minimum Gasteiger partial charge on any atom is -0.308 e. The number of amides is 1. The van der Waals surface area contributed by atoms with Crippen LogP contribution in [-0.2, 0) is 16.4 Å². The molecule has 4 rings (SSSR count). The van der Waals surface area contributed by atoms with Crippen LogP contribution >= 0.6 is 0 Å². The van der Waals surface area contributed by atoms with Gasteiger partial charge in [0.1, 0.15) is 16.5 Å². The van der Waals surface area contributed by atoms with E-state index in [4.69, 9.17) is 0 Å². The van der Waals surface area contributed by atoms with Gasteiger partial charge in [0.15, 0.2) is 0 Å². The molecule has 0 atom stereocenters. The lowest BCUT2D eigenvalue weighted by molar-refractivity contribution is 0.0989. The summed E-state index contributed by atoms with van der Waals surface area (Å²) in [5.74, 6) is -2.16. The van der Waals surface area contributed by atoms with E-state index >= 15 is 0 Å². The smallest absolute Gasteiger partial charge is 0.264 e. The van der Waals surface area contributed by atoms with E-state index < -0.39 is 26.6 Å². The van der Waals surface area contributed by atoms with Gasteiger partial charge in [-0.3, -0.25) is 14.5 Å². The molecule has 0 spiro atoms. The predicted molar refractivity (Wildman–Crippen MR) is 103 cm³/mol. The molecule has 0 aliphatic carbocycles. The molecule has 0 fully saturated rings.